The van der Waals surface area contributed by atoms with Crippen molar-refractivity contribution in [2.75, 3.05) is 26.2 Å². The highest BCUT2D eigenvalue weighted by atomic mass is 32.2. The number of hydrogen-bond acceptors (Lipinski definition) is 4. The Balaban J connectivity index is 1.67. The van der Waals surface area contributed by atoms with Gasteiger partial charge in [-0.1, -0.05) is 24.3 Å². The summed E-state index contributed by atoms with van der Waals surface area (Å²) in [5, 5.41) is 4.21. The third-order valence-corrected chi connectivity index (χ3v) is 5.20. The molecule has 7 heteroatoms. The van der Waals surface area contributed by atoms with Crippen LogP contribution in [0.1, 0.15) is 16.7 Å². The molecule has 1 aromatic heterocycles. The molecule has 0 spiro atoms. The molecule has 1 N–H and O–H groups in total. The first-order chi connectivity index (χ1) is 12.0. The molecule has 3 rings (SSSR count). The highest BCUT2D eigenvalue weighted by Crippen LogP contribution is 2.31. The first-order valence-corrected chi connectivity index (χ1v) is 9.17. The van der Waals surface area contributed by atoms with E-state index in [4.69, 9.17) is 0 Å². The van der Waals surface area contributed by atoms with Crippen molar-refractivity contribution in [3.8, 4) is 0 Å². The third kappa shape index (κ3) is 5.20. The van der Waals surface area contributed by atoms with Crippen molar-refractivity contribution < 1.29 is 13.2 Å². The van der Waals surface area contributed by atoms with Gasteiger partial charge in [-0.25, -0.2) is 4.98 Å². The number of rotatable bonds is 5. The van der Waals surface area contributed by atoms with Crippen LogP contribution < -0.4 is 5.32 Å². The molecule has 0 bridgehead atoms. The number of aromatic nitrogens is 1. The van der Waals surface area contributed by atoms with Crippen LogP contribution in [0.2, 0.25) is 0 Å². The number of nitrogens with zero attached hydrogens (tertiary/aromatic N) is 2. The van der Waals surface area contributed by atoms with Crippen LogP contribution in [0.25, 0.3) is 0 Å². The van der Waals surface area contributed by atoms with E-state index in [1.807, 2.05) is 12.1 Å². The minimum absolute atomic E-state index is 0.468. The Hall–Kier alpha value is -1.57. The van der Waals surface area contributed by atoms with Gasteiger partial charge in [0.25, 0.3) is 0 Å². The monoisotopic (exact) mass is 367 g/mol. The van der Waals surface area contributed by atoms with E-state index < -0.39 is 11.7 Å². The van der Waals surface area contributed by atoms with Gasteiger partial charge in [0, 0.05) is 44.7 Å². The van der Waals surface area contributed by atoms with Crippen molar-refractivity contribution in [3.05, 3.63) is 59.3 Å². The second-order valence-corrected chi connectivity index (χ2v) is 6.94. The van der Waals surface area contributed by atoms with Crippen LogP contribution in [0.5, 0.6) is 0 Å². The first kappa shape index (κ1) is 18.2. The van der Waals surface area contributed by atoms with Gasteiger partial charge in [-0.2, -0.15) is 13.2 Å². The van der Waals surface area contributed by atoms with Crippen LogP contribution in [-0.2, 0) is 18.5 Å². The van der Waals surface area contributed by atoms with E-state index in [0.29, 0.717) is 11.3 Å². The van der Waals surface area contributed by atoms with E-state index in [2.05, 4.69) is 15.2 Å². The minimum Gasteiger partial charge on any atom is -0.314 e. The molecule has 134 valence electrons. The zero-order chi connectivity index (χ0) is 17.7. The molecule has 1 aliphatic rings. The molecule has 0 unspecified atom stereocenters. The van der Waals surface area contributed by atoms with Crippen LogP contribution >= 0.6 is 11.8 Å². The van der Waals surface area contributed by atoms with Crippen LogP contribution in [0.3, 0.4) is 0 Å². The Morgan fingerprint density at radius 2 is 1.92 bits per heavy atom. The average Bonchev–Trinajstić information content (AvgIpc) is 2.61. The number of alkyl halides is 3. The van der Waals surface area contributed by atoms with E-state index >= 15 is 0 Å². The van der Waals surface area contributed by atoms with Gasteiger partial charge in [0.2, 0.25) is 0 Å². The van der Waals surface area contributed by atoms with Gasteiger partial charge >= 0.3 is 6.18 Å². The van der Waals surface area contributed by atoms with Crippen LogP contribution in [0, 0.1) is 0 Å². The lowest BCUT2D eigenvalue weighted by molar-refractivity contribution is -0.137. The van der Waals surface area contributed by atoms with Crippen molar-refractivity contribution in [2.24, 2.45) is 0 Å². The Kier molecular flexibility index (Phi) is 5.98. The standard InChI is InChI=1S/C18H20F3N3S/c19-18(20,21)16-5-1-3-14(11-16)13-25-17-15(4-2-6-23-17)12-24-9-7-22-8-10-24/h1-6,11,22H,7-10,12-13H2. The van der Waals surface area contributed by atoms with Crippen LogP contribution in [0.4, 0.5) is 13.2 Å². The van der Waals surface area contributed by atoms with Gasteiger partial charge in [0.05, 0.1) is 5.56 Å². The lowest BCUT2D eigenvalue weighted by Gasteiger charge is -2.27. The maximum absolute atomic E-state index is 12.8. The molecule has 0 amide bonds. The molecule has 2 aromatic rings. The van der Waals surface area contributed by atoms with Gasteiger partial charge < -0.3 is 5.32 Å². The van der Waals surface area contributed by atoms with E-state index in [0.717, 1.165) is 49.4 Å². The summed E-state index contributed by atoms with van der Waals surface area (Å²) in [6, 6.07) is 9.45. The SMILES string of the molecule is FC(F)(F)c1cccc(CSc2ncccc2CN2CCNCC2)c1. The summed E-state index contributed by atoms with van der Waals surface area (Å²) >= 11 is 1.49. The van der Waals surface area contributed by atoms with Crippen molar-refractivity contribution in [3.63, 3.8) is 0 Å². The second kappa shape index (κ2) is 8.21. The molecule has 25 heavy (non-hydrogen) atoms. The Morgan fingerprint density at radius 3 is 2.68 bits per heavy atom. The Bertz CT molecular complexity index is 700. The summed E-state index contributed by atoms with van der Waals surface area (Å²) in [5.41, 5.74) is 1.17. The molecule has 1 saturated heterocycles. The molecule has 2 heterocycles. The fourth-order valence-corrected chi connectivity index (χ4v) is 3.71. The average molecular weight is 367 g/mol. The maximum atomic E-state index is 12.8. The molecule has 3 nitrogen and oxygen atoms in total. The summed E-state index contributed by atoms with van der Waals surface area (Å²) in [5.74, 6) is 0.468. The predicted molar refractivity (Wildman–Crippen MR) is 93.4 cm³/mol. The van der Waals surface area contributed by atoms with Crippen LogP contribution in [-0.4, -0.2) is 36.1 Å². The van der Waals surface area contributed by atoms with Crippen molar-refractivity contribution in [1.29, 1.82) is 0 Å². The van der Waals surface area contributed by atoms with Gasteiger partial charge in [-0.05, 0) is 23.3 Å². The molecular formula is C18H20F3N3S. The number of thioether (sulfide) groups is 1. The largest absolute Gasteiger partial charge is 0.416 e. The van der Waals surface area contributed by atoms with Crippen LogP contribution in [0.15, 0.2) is 47.6 Å². The lowest BCUT2D eigenvalue weighted by atomic mass is 10.1. The summed E-state index contributed by atoms with van der Waals surface area (Å²) < 4.78 is 38.5. The van der Waals surface area contributed by atoms with Crippen molar-refractivity contribution in [2.45, 2.75) is 23.5 Å². The van der Waals surface area contributed by atoms with E-state index in [1.54, 1.807) is 12.3 Å². The van der Waals surface area contributed by atoms with E-state index in [1.165, 1.54) is 23.9 Å². The molecule has 1 fully saturated rings. The van der Waals surface area contributed by atoms with Crippen molar-refractivity contribution in [1.82, 2.24) is 15.2 Å². The maximum Gasteiger partial charge on any atom is 0.416 e. The van der Waals surface area contributed by atoms with Gasteiger partial charge in [-0.3, -0.25) is 4.90 Å². The molecule has 1 aliphatic heterocycles. The van der Waals surface area contributed by atoms with Gasteiger partial charge in [-0.15, -0.1) is 11.8 Å². The highest BCUT2D eigenvalue weighted by molar-refractivity contribution is 7.98. The summed E-state index contributed by atoms with van der Waals surface area (Å²) in [4.78, 5) is 6.79. The predicted octanol–water partition coefficient (Wildman–Crippen LogP) is 3.80. The number of halogens is 3. The number of nitrogens with one attached hydrogen (secondary N) is 1. The summed E-state index contributed by atoms with van der Waals surface area (Å²) in [6.07, 6.45) is -2.57. The topological polar surface area (TPSA) is 28.2 Å². The number of pyridine rings is 1. The normalized spacial score (nSPS) is 16.1. The summed E-state index contributed by atoms with van der Waals surface area (Å²) in [7, 11) is 0. The first-order valence-electron chi connectivity index (χ1n) is 8.18. The quantitative estimate of drug-likeness (QED) is 0.814. The zero-order valence-corrected chi connectivity index (χ0v) is 14.5. The fourth-order valence-electron chi connectivity index (χ4n) is 2.77. The zero-order valence-electron chi connectivity index (χ0n) is 13.7. The van der Waals surface area contributed by atoms with E-state index in [9.17, 15) is 13.2 Å². The van der Waals surface area contributed by atoms with Gasteiger partial charge in [0.15, 0.2) is 0 Å². The molecule has 0 aliphatic carbocycles. The fraction of sp³-hybridized carbons (Fsp3) is 0.389. The third-order valence-electron chi connectivity index (χ3n) is 4.08. The number of hydrogen-bond donors (Lipinski definition) is 1. The molecule has 1 aromatic carbocycles. The smallest absolute Gasteiger partial charge is 0.314 e. The molecule has 0 radical (unpaired) electrons. The Labute approximate surface area is 149 Å². The lowest BCUT2D eigenvalue weighted by Crippen LogP contribution is -2.42. The minimum atomic E-state index is -4.31. The van der Waals surface area contributed by atoms with E-state index in [-0.39, 0.29) is 0 Å². The van der Waals surface area contributed by atoms with Crippen molar-refractivity contribution >= 4 is 11.8 Å². The Morgan fingerprint density at radius 1 is 1.12 bits per heavy atom. The summed E-state index contributed by atoms with van der Waals surface area (Å²) in [6.45, 7) is 4.76. The number of piperazine rings is 1. The highest BCUT2D eigenvalue weighted by Gasteiger charge is 2.30. The molecular weight excluding hydrogens is 347 g/mol. The van der Waals surface area contributed by atoms with Gasteiger partial charge in [0.1, 0.15) is 5.03 Å². The molecule has 0 atom stereocenters. The number of benzene rings is 1. The second-order valence-electron chi connectivity index (χ2n) is 5.98. The molecule has 0 saturated carbocycles.